The van der Waals surface area contributed by atoms with Crippen LogP contribution in [0.5, 0.6) is 0 Å². The third-order valence-electron chi connectivity index (χ3n) is 5.38. The average Bonchev–Trinajstić information content (AvgIpc) is 3.10. The fourth-order valence-corrected chi connectivity index (χ4v) is 4.09. The minimum atomic E-state index is 0.0641. The summed E-state index contributed by atoms with van der Waals surface area (Å²) in [5, 5.41) is 0.638. The van der Waals surface area contributed by atoms with E-state index in [2.05, 4.69) is 0 Å². The molecule has 3 aromatic rings. The maximum Gasteiger partial charge on any atom is 0.253 e. The molecule has 0 N–H and O–H groups in total. The lowest BCUT2D eigenvalue weighted by atomic mass is 10.1. The summed E-state index contributed by atoms with van der Waals surface area (Å²) in [4.78, 5) is 31.1. The Morgan fingerprint density at radius 1 is 1.07 bits per heavy atom. The number of likely N-dealkylation sites (tertiary alicyclic amines) is 1. The standard InChI is InChI=1S/C23H24ClN3O2/c1-16(28)8-11-22-25-20-14-17(23(29)26-12-3-2-4-13-26)9-10-21(20)27(22)19-7-5-6-18(24)15-19/h5-7,9-10,14-15H,2-4,8,11-13H2,1H3. The normalized spacial score (nSPS) is 14.3. The highest BCUT2D eigenvalue weighted by Crippen LogP contribution is 2.26. The molecule has 2 heterocycles. The number of rotatable bonds is 5. The molecule has 1 saturated heterocycles. The van der Waals surface area contributed by atoms with E-state index in [0.29, 0.717) is 23.4 Å². The van der Waals surface area contributed by atoms with Crippen molar-refractivity contribution in [2.45, 2.75) is 39.0 Å². The zero-order valence-electron chi connectivity index (χ0n) is 16.5. The van der Waals surface area contributed by atoms with Gasteiger partial charge in [-0.25, -0.2) is 4.98 Å². The van der Waals surface area contributed by atoms with Gasteiger partial charge in [0, 0.05) is 42.2 Å². The van der Waals surface area contributed by atoms with Gasteiger partial charge >= 0.3 is 0 Å². The van der Waals surface area contributed by atoms with Crippen LogP contribution in [0.25, 0.3) is 16.7 Å². The number of hydrogen-bond acceptors (Lipinski definition) is 3. The molecule has 0 saturated carbocycles. The molecule has 0 radical (unpaired) electrons. The number of hydrogen-bond donors (Lipinski definition) is 0. The lowest BCUT2D eigenvalue weighted by Gasteiger charge is -2.26. The molecule has 1 fully saturated rings. The van der Waals surface area contributed by atoms with Crippen LogP contribution < -0.4 is 0 Å². The Morgan fingerprint density at radius 2 is 1.86 bits per heavy atom. The van der Waals surface area contributed by atoms with E-state index in [-0.39, 0.29) is 11.7 Å². The Morgan fingerprint density at radius 3 is 2.59 bits per heavy atom. The molecule has 5 nitrogen and oxygen atoms in total. The van der Waals surface area contributed by atoms with Crippen molar-refractivity contribution in [2.75, 3.05) is 13.1 Å². The van der Waals surface area contributed by atoms with Crippen molar-refractivity contribution in [3.8, 4) is 5.69 Å². The molecule has 4 rings (SSSR count). The van der Waals surface area contributed by atoms with Crippen LogP contribution in [-0.2, 0) is 11.2 Å². The highest BCUT2D eigenvalue weighted by Gasteiger charge is 2.20. The van der Waals surface area contributed by atoms with Gasteiger partial charge in [0.05, 0.1) is 11.0 Å². The maximum absolute atomic E-state index is 12.9. The second-order valence-electron chi connectivity index (χ2n) is 7.60. The number of carbonyl (C=O) groups is 2. The lowest BCUT2D eigenvalue weighted by Crippen LogP contribution is -2.35. The second-order valence-corrected chi connectivity index (χ2v) is 8.04. The molecule has 1 aromatic heterocycles. The second kappa shape index (κ2) is 8.37. The number of amides is 1. The number of ketones is 1. The number of aromatic nitrogens is 2. The Hall–Kier alpha value is -2.66. The Bertz CT molecular complexity index is 1070. The molecule has 1 aliphatic rings. The smallest absolute Gasteiger partial charge is 0.253 e. The molecule has 0 aliphatic carbocycles. The fraction of sp³-hybridized carbons (Fsp3) is 0.348. The van der Waals surface area contributed by atoms with E-state index in [9.17, 15) is 9.59 Å². The summed E-state index contributed by atoms with van der Waals surface area (Å²) in [5.41, 5.74) is 3.22. The summed E-state index contributed by atoms with van der Waals surface area (Å²) in [5.74, 6) is 0.977. The van der Waals surface area contributed by atoms with E-state index in [1.165, 1.54) is 6.42 Å². The maximum atomic E-state index is 12.9. The molecule has 0 atom stereocenters. The van der Waals surface area contributed by atoms with Crippen molar-refractivity contribution in [2.24, 2.45) is 0 Å². The third-order valence-corrected chi connectivity index (χ3v) is 5.62. The zero-order chi connectivity index (χ0) is 20.4. The molecule has 1 aliphatic heterocycles. The topological polar surface area (TPSA) is 55.2 Å². The third kappa shape index (κ3) is 4.20. The number of Topliss-reactive ketones (excluding diaryl/α,β-unsaturated/α-hetero) is 1. The minimum absolute atomic E-state index is 0.0641. The molecule has 6 heteroatoms. The van der Waals surface area contributed by atoms with Gasteiger partial charge in [0.1, 0.15) is 11.6 Å². The molecule has 0 unspecified atom stereocenters. The van der Waals surface area contributed by atoms with Crippen LogP contribution >= 0.6 is 11.6 Å². The molecule has 1 amide bonds. The van der Waals surface area contributed by atoms with E-state index in [1.54, 1.807) is 6.92 Å². The van der Waals surface area contributed by atoms with Crippen molar-refractivity contribution < 1.29 is 9.59 Å². The van der Waals surface area contributed by atoms with Crippen LogP contribution in [0.1, 0.15) is 48.8 Å². The van der Waals surface area contributed by atoms with Crippen LogP contribution in [0.3, 0.4) is 0 Å². The van der Waals surface area contributed by atoms with Gasteiger partial charge < -0.3 is 9.69 Å². The largest absolute Gasteiger partial charge is 0.339 e. The summed E-state index contributed by atoms with van der Waals surface area (Å²) in [6, 6.07) is 13.3. The summed E-state index contributed by atoms with van der Waals surface area (Å²) in [6.07, 6.45) is 4.26. The van der Waals surface area contributed by atoms with Gasteiger partial charge in [0.15, 0.2) is 0 Å². The first-order chi connectivity index (χ1) is 14.0. The predicted octanol–water partition coefficient (Wildman–Crippen LogP) is 4.83. The van der Waals surface area contributed by atoms with Crippen LogP contribution in [0.4, 0.5) is 0 Å². The van der Waals surface area contributed by atoms with E-state index < -0.39 is 0 Å². The molecular weight excluding hydrogens is 386 g/mol. The van der Waals surface area contributed by atoms with Crippen molar-refractivity contribution in [1.82, 2.24) is 14.5 Å². The number of benzene rings is 2. The highest BCUT2D eigenvalue weighted by molar-refractivity contribution is 6.30. The molecular formula is C23H24ClN3O2. The first-order valence-corrected chi connectivity index (χ1v) is 10.5. The summed E-state index contributed by atoms with van der Waals surface area (Å²) in [6.45, 7) is 3.22. The first-order valence-electron chi connectivity index (χ1n) is 10.1. The number of nitrogens with zero attached hydrogens (tertiary/aromatic N) is 3. The summed E-state index contributed by atoms with van der Waals surface area (Å²) in [7, 11) is 0. The van der Waals surface area contributed by atoms with Crippen LogP contribution in [-0.4, -0.2) is 39.2 Å². The van der Waals surface area contributed by atoms with Gasteiger partial charge in [-0.2, -0.15) is 0 Å². The SMILES string of the molecule is CC(=O)CCc1nc2cc(C(=O)N3CCCCC3)ccc2n1-c1cccc(Cl)c1. The van der Waals surface area contributed by atoms with Gasteiger partial charge in [-0.3, -0.25) is 9.36 Å². The van der Waals surface area contributed by atoms with Gasteiger partial charge in [0.2, 0.25) is 0 Å². The van der Waals surface area contributed by atoms with Gasteiger partial charge in [0.25, 0.3) is 5.91 Å². The van der Waals surface area contributed by atoms with E-state index in [0.717, 1.165) is 48.5 Å². The van der Waals surface area contributed by atoms with E-state index in [1.807, 2.05) is 51.9 Å². The predicted molar refractivity (Wildman–Crippen MR) is 115 cm³/mol. The molecule has 0 bridgehead atoms. The monoisotopic (exact) mass is 409 g/mol. The van der Waals surface area contributed by atoms with Gasteiger partial charge in [-0.1, -0.05) is 17.7 Å². The Kier molecular flexibility index (Phi) is 5.67. The van der Waals surface area contributed by atoms with Crippen LogP contribution in [0, 0.1) is 0 Å². The van der Waals surface area contributed by atoms with Crippen LogP contribution in [0.15, 0.2) is 42.5 Å². The molecule has 150 valence electrons. The fourth-order valence-electron chi connectivity index (χ4n) is 3.90. The molecule has 2 aromatic carbocycles. The van der Waals surface area contributed by atoms with Gasteiger partial charge in [-0.05, 0) is 62.6 Å². The number of aryl methyl sites for hydroxylation is 1. The van der Waals surface area contributed by atoms with Crippen molar-refractivity contribution in [3.63, 3.8) is 0 Å². The summed E-state index contributed by atoms with van der Waals surface area (Å²) < 4.78 is 2.03. The molecule has 0 spiro atoms. The highest BCUT2D eigenvalue weighted by atomic mass is 35.5. The Labute approximate surface area is 175 Å². The number of halogens is 1. The zero-order valence-corrected chi connectivity index (χ0v) is 17.3. The number of imidazole rings is 1. The average molecular weight is 410 g/mol. The van der Waals surface area contributed by atoms with Crippen molar-refractivity contribution in [1.29, 1.82) is 0 Å². The number of carbonyl (C=O) groups excluding carboxylic acids is 2. The van der Waals surface area contributed by atoms with Crippen molar-refractivity contribution in [3.05, 3.63) is 58.9 Å². The quantitative estimate of drug-likeness (QED) is 0.606. The van der Waals surface area contributed by atoms with Crippen LogP contribution in [0.2, 0.25) is 5.02 Å². The number of fused-ring (bicyclic) bond motifs is 1. The Balaban J connectivity index is 1.76. The van der Waals surface area contributed by atoms with Crippen molar-refractivity contribution >= 4 is 34.3 Å². The summed E-state index contributed by atoms with van der Waals surface area (Å²) >= 11 is 6.21. The number of piperidine rings is 1. The van der Waals surface area contributed by atoms with Gasteiger partial charge in [-0.15, -0.1) is 0 Å². The molecule has 29 heavy (non-hydrogen) atoms. The first kappa shape index (κ1) is 19.6. The van der Waals surface area contributed by atoms with E-state index >= 15 is 0 Å². The minimum Gasteiger partial charge on any atom is -0.339 e. The lowest BCUT2D eigenvalue weighted by molar-refractivity contribution is -0.117. The van der Waals surface area contributed by atoms with E-state index in [4.69, 9.17) is 16.6 Å².